The first kappa shape index (κ1) is 18.7. The van der Waals surface area contributed by atoms with E-state index in [-0.39, 0.29) is 11.8 Å². The van der Waals surface area contributed by atoms with Crippen molar-refractivity contribution < 1.29 is 14.3 Å². The molecule has 0 aromatic heterocycles. The van der Waals surface area contributed by atoms with Gasteiger partial charge in [0.05, 0.1) is 24.4 Å². The molecule has 2 aromatic carbocycles. The molecule has 1 N–H and O–H groups in total. The van der Waals surface area contributed by atoms with Gasteiger partial charge < -0.3 is 15.0 Å². The fraction of sp³-hybridized carbons (Fsp3) is 0.150. The van der Waals surface area contributed by atoms with Gasteiger partial charge in [0, 0.05) is 25.7 Å². The zero-order chi connectivity index (χ0) is 19.1. The van der Waals surface area contributed by atoms with Gasteiger partial charge in [-0.3, -0.25) is 9.59 Å². The molecule has 0 aliphatic heterocycles. The van der Waals surface area contributed by atoms with Crippen LogP contribution in [0.2, 0.25) is 0 Å². The minimum absolute atomic E-state index is 0.170. The normalized spacial score (nSPS) is 10.2. The molecule has 132 valence electrons. The van der Waals surface area contributed by atoms with Crippen molar-refractivity contribution in [1.82, 2.24) is 4.90 Å². The highest BCUT2D eigenvalue weighted by Gasteiger charge is 2.12. The summed E-state index contributed by atoms with van der Waals surface area (Å²) in [7, 11) is 4.81. The van der Waals surface area contributed by atoms with Crippen LogP contribution in [0.4, 0.5) is 5.69 Å². The molecule has 0 aliphatic carbocycles. The van der Waals surface area contributed by atoms with Crippen LogP contribution in [0, 0.1) is 11.3 Å². The van der Waals surface area contributed by atoms with E-state index in [2.05, 4.69) is 5.32 Å². The molecule has 2 rings (SSSR count). The predicted molar refractivity (Wildman–Crippen MR) is 99.8 cm³/mol. The molecule has 26 heavy (non-hydrogen) atoms. The topological polar surface area (TPSA) is 82.4 Å². The smallest absolute Gasteiger partial charge is 0.253 e. The number of nitrogens with one attached hydrogen (secondary N) is 1. The van der Waals surface area contributed by atoms with Crippen molar-refractivity contribution in [2.24, 2.45) is 0 Å². The molecule has 0 spiro atoms. The summed E-state index contributed by atoms with van der Waals surface area (Å²) in [6.07, 6.45) is 3.01. The molecule has 0 saturated carbocycles. The molecule has 0 fully saturated rings. The standard InChI is InChI=1S/C20H19N3O3/c1-23(2)20(25)16-9-10-18(26-3)17(12-16)22-19(24)11-8-14-4-6-15(13-21)7-5-14/h4-12H,1-3H3,(H,22,24). The van der Waals surface area contributed by atoms with E-state index in [1.807, 2.05) is 6.07 Å². The number of benzene rings is 2. The van der Waals surface area contributed by atoms with Gasteiger partial charge in [-0.2, -0.15) is 5.26 Å². The first-order valence-electron chi connectivity index (χ1n) is 7.83. The van der Waals surface area contributed by atoms with Crippen LogP contribution in [0.3, 0.4) is 0 Å². The lowest BCUT2D eigenvalue weighted by Gasteiger charge is -2.14. The maximum atomic E-state index is 12.2. The van der Waals surface area contributed by atoms with Crippen molar-refractivity contribution >= 4 is 23.6 Å². The van der Waals surface area contributed by atoms with Gasteiger partial charge in [0.15, 0.2) is 0 Å². The summed E-state index contributed by atoms with van der Waals surface area (Å²) in [5, 5.41) is 11.5. The van der Waals surface area contributed by atoms with Crippen molar-refractivity contribution in [2.45, 2.75) is 0 Å². The van der Waals surface area contributed by atoms with Crippen LogP contribution in [-0.2, 0) is 4.79 Å². The molecule has 6 heteroatoms. The summed E-state index contributed by atoms with van der Waals surface area (Å²) in [6.45, 7) is 0. The Kier molecular flexibility index (Phi) is 6.12. The molecule has 0 radical (unpaired) electrons. The Morgan fingerprint density at radius 1 is 1.15 bits per heavy atom. The average Bonchev–Trinajstić information content (AvgIpc) is 2.66. The lowest BCUT2D eigenvalue weighted by Crippen LogP contribution is -2.22. The van der Waals surface area contributed by atoms with E-state index < -0.39 is 0 Å². The van der Waals surface area contributed by atoms with Crippen molar-refractivity contribution in [3.05, 3.63) is 65.2 Å². The summed E-state index contributed by atoms with van der Waals surface area (Å²) >= 11 is 0. The second kappa shape index (κ2) is 8.49. The van der Waals surface area contributed by atoms with Gasteiger partial charge in [-0.1, -0.05) is 12.1 Å². The molecular weight excluding hydrogens is 330 g/mol. The Morgan fingerprint density at radius 3 is 2.42 bits per heavy atom. The van der Waals surface area contributed by atoms with Gasteiger partial charge in [0.25, 0.3) is 5.91 Å². The minimum atomic E-state index is -0.359. The minimum Gasteiger partial charge on any atom is -0.495 e. The summed E-state index contributed by atoms with van der Waals surface area (Å²) in [5.41, 5.74) is 2.21. The zero-order valence-corrected chi connectivity index (χ0v) is 14.8. The average molecular weight is 349 g/mol. The van der Waals surface area contributed by atoms with Crippen molar-refractivity contribution in [3.8, 4) is 11.8 Å². The number of nitrogens with zero attached hydrogens (tertiary/aromatic N) is 2. The number of hydrogen-bond acceptors (Lipinski definition) is 4. The maximum Gasteiger partial charge on any atom is 0.253 e. The number of carbonyl (C=O) groups is 2. The Balaban J connectivity index is 2.16. The summed E-state index contributed by atoms with van der Waals surface area (Å²) < 4.78 is 5.24. The van der Waals surface area contributed by atoms with E-state index in [4.69, 9.17) is 10.00 Å². The Bertz CT molecular complexity index is 878. The van der Waals surface area contributed by atoms with Gasteiger partial charge in [-0.25, -0.2) is 0 Å². The predicted octanol–water partition coefficient (Wildman–Crippen LogP) is 2.92. The number of anilines is 1. The van der Waals surface area contributed by atoms with E-state index in [0.717, 1.165) is 5.56 Å². The van der Waals surface area contributed by atoms with E-state index >= 15 is 0 Å². The second-order valence-electron chi connectivity index (χ2n) is 5.67. The lowest BCUT2D eigenvalue weighted by atomic mass is 10.1. The SMILES string of the molecule is COc1ccc(C(=O)N(C)C)cc1NC(=O)C=Cc1ccc(C#N)cc1. The fourth-order valence-corrected chi connectivity index (χ4v) is 2.21. The number of ether oxygens (including phenoxy) is 1. The molecular formula is C20H19N3O3. The highest BCUT2D eigenvalue weighted by Crippen LogP contribution is 2.26. The number of rotatable bonds is 5. The Labute approximate surface area is 152 Å². The van der Waals surface area contributed by atoms with E-state index in [0.29, 0.717) is 22.6 Å². The highest BCUT2D eigenvalue weighted by molar-refractivity contribution is 6.04. The van der Waals surface area contributed by atoms with Gasteiger partial charge in [0.2, 0.25) is 5.91 Å². The first-order chi connectivity index (χ1) is 12.4. The zero-order valence-electron chi connectivity index (χ0n) is 14.8. The molecule has 0 saturated heterocycles. The van der Waals surface area contributed by atoms with Gasteiger partial charge in [0.1, 0.15) is 5.75 Å². The molecule has 0 atom stereocenters. The van der Waals surface area contributed by atoms with Gasteiger partial charge in [-0.05, 0) is 42.0 Å². The number of amides is 2. The maximum absolute atomic E-state index is 12.2. The van der Waals surface area contributed by atoms with Crippen molar-refractivity contribution in [1.29, 1.82) is 5.26 Å². The molecule has 2 aromatic rings. The number of carbonyl (C=O) groups excluding carboxylic acids is 2. The van der Waals surface area contributed by atoms with Gasteiger partial charge >= 0.3 is 0 Å². The van der Waals surface area contributed by atoms with E-state index in [9.17, 15) is 9.59 Å². The van der Waals surface area contributed by atoms with Crippen LogP contribution >= 0.6 is 0 Å². The van der Waals surface area contributed by atoms with Crippen LogP contribution in [0.5, 0.6) is 5.75 Å². The second-order valence-corrected chi connectivity index (χ2v) is 5.67. The van der Waals surface area contributed by atoms with E-state index in [1.165, 1.54) is 18.1 Å². The summed E-state index contributed by atoms with van der Waals surface area (Å²) in [4.78, 5) is 25.7. The summed E-state index contributed by atoms with van der Waals surface area (Å²) in [5.74, 6) is -0.0705. The van der Waals surface area contributed by atoms with Crippen molar-refractivity contribution in [2.75, 3.05) is 26.5 Å². The fourth-order valence-electron chi connectivity index (χ4n) is 2.21. The van der Waals surface area contributed by atoms with Crippen molar-refractivity contribution in [3.63, 3.8) is 0 Å². The monoisotopic (exact) mass is 349 g/mol. The highest BCUT2D eigenvalue weighted by atomic mass is 16.5. The quantitative estimate of drug-likeness (QED) is 0.842. The van der Waals surface area contributed by atoms with E-state index in [1.54, 1.807) is 62.6 Å². The molecule has 0 bridgehead atoms. The third-order valence-corrected chi connectivity index (χ3v) is 3.58. The third-order valence-electron chi connectivity index (χ3n) is 3.58. The molecule has 0 unspecified atom stereocenters. The van der Waals surface area contributed by atoms with Crippen LogP contribution in [0.15, 0.2) is 48.5 Å². The molecule has 2 amide bonds. The Hall–Kier alpha value is -3.59. The molecule has 0 heterocycles. The Morgan fingerprint density at radius 2 is 1.85 bits per heavy atom. The first-order valence-corrected chi connectivity index (χ1v) is 7.83. The molecule has 0 aliphatic rings. The van der Waals surface area contributed by atoms with Crippen LogP contribution in [-0.4, -0.2) is 37.9 Å². The summed E-state index contributed by atoms with van der Waals surface area (Å²) in [6, 6.07) is 13.7. The number of nitriles is 1. The third kappa shape index (κ3) is 4.71. The number of hydrogen-bond donors (Lipinski definition) is 1. The van der Waals surface area contributed by atoms with Crippen LogP contribution in [0.1, 0.15) is 21.5 Å². The number of methoxy groups -OCH3 is 1. The van der Waals surface area contributed by atoms with Gasteiger partial charge in [-0.15, -0.1) is 0 Å². The van der Waals surface area contributed by atoms with Crippen LogP contribution < -0.4 is 10.1 Å². The lowest BCUT2D eigenvalue weighted by molar-refractivity contribution is -0.111. The largest absolute Gasteiger partial charge is 0.495 e. The molecule has 6 nitrogen and oxygen atoms in total. The van der Waals surface area contributed by atoms with Crippen LogP contribution in [0.25, 0.3) is 6.08 Å².